The predicted molar refractivity (Wildman–Crippen MR) is 77.0 cm³/mol. The Kier molecular flexibility index (Phi) is 6.51. The molecule has 0 aliphatic carbocycles. The lowest BCUT2D eigenvalue weighted by Gasteiger charge is -2.34. The summed E-state index contributed by atoms with van der Waals surface area (Å²) in [4.78, 5) is 12.3. The summed E-state index contributed by atoms with van der Waals surface area (Å²) in [6, 6.07) is 3.17. The number of amides is 1. The summed E-state index contributed by atoms with van der Waals surface area (Å²) in [5.74, 6) is -1.30. The van der Waals surface area contributed by atoms with Gasteiger partial charge in [0.1, 0.15) is 11.6 Å². The van der Waals surface area contributed by atoms with Crippen LogP contribution in [0.25, 0.3) is 0 Å². The van der Waals surface area contributed by atoms with E-state index in [4.69, 9.17) is 10.5 Å². The van der Waals surface area contributed by atoms with Crippen LogP contribution in [0.4, 0.5) is 8.78 Å². The van der Waals surface area contributed by atoms with E-state index in [0.717, 1.165) is 18.2 Å². The van der Waals surface area contributed by atoms with E-state index in [1.165, 1.54) is 0 Å². The van der Waals surface area contributed by atoms with E-state index in [0.29, 0.717) is 26.1 Å². The second-order valence-corrected chi connectivity index (χ2v) is 5.02. The minimum Gasteiger partial charge on any atom is -0.381 e. The molecule has 1 aliphatic heterocycles. The molecule has 2 rings (SSSR count). The van der Waals surface area contributed by atoms with Gasteiger partial charge in [0.25, 0.3) is 0 Å². The fourth-order valence-corrected chi connectivity index (χ4v) is 2.33. The van der Waals surface area contributed by atoms with E-state index in [9.17, 15) is 13.6 Å². The molecule has 1 saturated heterocycles. The van der Waals surface area contributed by atoms with Crippen LogP contribution in [0.5, 0.6) is 0 Å². The molecule has 0 atom stereocenters. The highest BCUT2D eigenvalue weighted by molar-refractivity contribution is 5.85. The van der Waals surface area contributed by atoms with Gasteiger partial charge in [-0.15, -0.1) is 12.4 Å². The molecule has 118 valence electrons. The van der Waals surface area contributed by atoms with Gasteiger partial charge >= 0.3 is 0 Å². The fraction of sp³-hybridized carbons (Fsp3) is 0.500. The maximum atomic E-state index is 13.5. The van der Waals surface area contributed by atoms with Crippen LogP contribution in [0.3, 0.4) is 0 Å². The Labute approximate surface area is 128 Å². The molecular weight excluding hydrogens is 302 g/mol. The SMILES string of the molecule is Cl.NCC1(C(=O)NCc2cc(F)ccc2F)CCOCC1. The van der Waals surface area contributed by atoms with Crippen molar-refractivity contribution < 1.29 is 18.3 Å². The summed E-state index contributed by atoms with van der Waals surface area (Å²) in [5, 5.41) is 2.65. The molecule has 4 nitrogen and oxygen atoms in total. The number of ether oxygens (including phenoxy) is 1. The average molecular weight is 321 g/mol. The first-order valence-electron chi connectivity index (χ1n) is 6.57. The Bertz CT molecular complexity index is 494. The number of hydrogen-bond acceptors (Lipinski definition) is 3. The number of rotatable bonds is 4. The van der Waals surface area contributed by atoms with E-state index < -0.39 is 17.0 Å². The predicted octanol–water partition coefficient (Wildman–Crippen LogP) is 1.76. The topological polar surface area (TPSA) is 64.4 Å². The highest BCUT2D eigenvalue weighted by Crippen LogP contribution is 2.29. The van der Waals surface area contributed by atoms with Gasteiger partial charge in [0.15, 0.2) is 0 Å². The first-order chi connectivity index (χ1) is 9.57. The Morgan fingerprint density at radius 3 is 2.62 bits per heavy atom. The fourth-order valence-electron chi connectivity index (χ4n) is 2.33. The lowest BCUT2D eigenvalue weighted by atomic mass is 9.79. The second-order valence-electron chi connectivity index (χ2n) is 5.02. The lowest BCUT2D eigenvalue weighted by molar-refractivity contribution is -0.136. The Balaban J connectivity index is 0.00000220. The Morgan fingerprint density at radius 2 is 2.00 bits per heavy atom. The summed E-state index contributed by atoms with van der Waals surface area (Å²) in [7, 11) is 0. The third-order valence-electron chi connectivity index (χ3n) is 3.77. The van der Waals surface area contributed by atoms with Gasteiger partial charge in [-0.25, -0.2) is 8.78 Å². The molecule has 1 aliphatic rings. The van der Waals surface area contributed by atoms with Crippen LogP contribution in [-0.2, 0) is 16.1 Å². The van der Waals surface area contributed by atoms with Gasteiger partial charge in [0.2, 0.25) is 5.91 Å². The molecule has 0 spiro atoms. The van der Waals surface area contributed by atoms with Crippen molar-refractivity contribution in [2.24, 2.45) is 11.1 Å². The number of hydrogen-bond donors (Lipinski definition) is 2. The first kappa shape index (κ1) is 17.8. The molecule has 7 heteroatoms. The van der Waals surface area contributed by atoms with E-state index in [2.05, 4.69) is 5.32 Å². The van der Waals surface area contributed by atoms with Crippen LogP contribution in [0.1, 0.15) is 18.4 Å². The van der Waals surface area contributed by atoms with E-state index >= 15 is 0 Å². The molecule has 3 N–H and O–H groups in total. The van der Waals surface area contributed by atoms with Gasteiger partial charge in [-0.3, -0.25) is 4.79 Å². The van der Waals surface area contributed by atoms with E-state index in [-0.39, 0.29) is 37.0 Å². The van der Waals surface area contributed by atoms with Crippen LogP contribution in [0.2, 0.25) is 0 Å². The third-order valence-corrected chi connectivity index (χ3v) is 3.77. The summed E-state index contributed by atoms with van der Waals surface area (Å²) < 4.78 is 31.8. The van der Waals surface area contributed by atoms with E-state index in [1.807, 2.05) is 0 Å². The van der Waals surface area contributed by atoms with Gasteiger partial charge < -0.3 is 15.8 Å². The molecule has 1 amide bonds. The highest BCUT2D eigenvalue weighted by atomic mass is 35.5. The van der Waals surface area contributed by atoms with Crippen molar-refractivity contribution in [2.75, 3.05) is 19.8 Å². The van der Waals surface area contributed by atoms with Crippen LogP contribution >= 0.6 is 12.4 Å². The molecule has 1 heterocycles. The molecule has 1 fully saturated rings. The zero-order valence-corrected chi connectivity index (χ0v) is 12.3. The van der Waals surface area contributed by atoms with Crippen molar-refractivity contribution in [1.29, 1.82) is 0 Å². The minimum absolute atomic E-state index is 0. The molecule has 0 unspecified atom stereocenters. The zero-order chi connectivity index (χ0) is 14.6. The number of carbonyl (C=O) groups is 1. The largest absolute Gasteiger partial charge is 0.381 e. The smallest absolute Gasteiger partial charge is 0.227 e. The maximum absolute atomic E-state index is 13.5. The van der Waals surface area contributed by atoms with Gasteiger partial charge in [0, 0.05) is 31.9 Å². The summed E-state index contributed by atoms with van der Waals surface area (Å²) in [6.45, 7) is 1.14. The first-order valence-corrected chi connectivity index (χ1v) is 6.57. The van der Waals surface area contributed by atoms with Crippen molar-refractivity contribution in [1.82, 2.24) is 5.32 Å². The number of carbonyl (C=O) groups excluding carboxylic acids is 1. The van der Waals surface area contributed by atoms with Crippen LogP contribution < -0.4 is 11.1 Å². The van der Waals surface area contributed by atoms with Crippen molar-refractivity contribution >= 4 is 18.3 Å². The number of benzene rings is 1. The zero-order valence-electron chi connectivity index (χ0n) is 11.5. The Hall–Kier alpha value is -1.24. The molecule has 0 aromatic heterocycles. The summed E-state index contributed by atoms with van der Waals surface area (Å²) >= 11 is 0. The quantitative estimate of drug-likeness (QED) is 0.888. The number of halogens is 3. The molecule has 1 aromatic carbocycles. The molecule has 0 radical (unpaired) electrons. The van der Waals surface area contributed by atoms with Crippen molar-refractivity contribution in [3.8, 4) is 0 Å². The Morgan fingerprint density at radius 1 is 1.33 bits per heavy atom. The van der Waals surface area contributed by atoms with Crippen molar-refractivity contribution in [3.63, 3.8) is 0 Å². The molecule has 1 aromatic rings. The molecule has 0 bridgehead atoms. The number of nitrogens with two attached hydrogens (primary N) is 1. The number of nitrogens with one attached hydrogen (secondary N) is 1. The van der Waals surface area contributed by atoms with Crippen molar-refractivity contribution in [3.05, 3.63) is 35.4 Å². The molecule has 0 saturated carbocycles. The molecule has 21 heavy (non-hydrogen) atoms. The second kappa shape index (κ2) is 7.68. The minimum atomic E-state index is -0.665. The van der Waals surface area contributed by atoms with Gasteiger partial charge in [-0.1, -0.05) is 0 Å². The average Bonchev–Trinajstić information content (AvgIpc) is 2.48. The van der Waals surface area contributed by atoms with Gasteiger partial charge in [-0.2, -0.15) is 0 Å². The lowest BCUT2D eigenvalue weighted by Crippen LogP contribution is -2.49. The van der Waals surface area contributed by atoms with Gasteiger partial charge in [-0.05, 0) is 31.0 Å². The highest BCUT2D eigenvalue weighted by Gasteiger charge is 2.38. The summed E-state index contributed by atoms with van der Waals surface area (Å²) in [5.41, 5.74) is 5.17. The molecular formula is C14H19ClF2N2O2. The van der Waals surface area contributed by atoms with Crippen LogP contribution in [0, 0.1) is 17.0 Å². The van der Waals surface area contributed by atoms with Crippen molar-refractivity contribution in [2.45, 2.75) is 19.4 Å². The summed E-state index contributed by atoms with van der Waals surface area (Å²) in [6.07, 6.45) is 1.09. The normalized spacial score (nSPS) is 16.9. The third kappa shape index (κ3) is 4.12. The van der Waals surface area contributed by atoms with Crippen LogP contribution in [0.15, 0.2) is 18.2 Å². The van der Waals surface area contributed by atoms with Crippen LogP contribution in [-0.4, -0.2) is 25.7 Å². The van der Waals surface area contributed by atoms with E-state index in [1.54, 1.807) is 0 Å². The maximum Gasteiger partial charge on any atom is 0.227 e. The van der Waals surface area contributed by atoms with Gasteiger partial charge in [0.05, 0.1) is 5.41 Å². The monoisotopic (exact) mass is 320 g/mol. The standard InChI is InChI=1S/C14H18F2N2O2.ClH/c15-11-1-2-12(16)10(7-11)8-18-13(19)14(9-17)3-5-20-6-4-14;/h1-2,7H,3-6,8-9,17H2,(H,18,19);1H.